The van der Waals surface area contributed by atoms with E-state index in [0.717, 1.165) is 50.8 Å². The molecule has 2 aliphatic carbocycles. The highest BCUT2D eigenvalue weighted by molar-refractivity contribution is 7.25. The minimum atomic E-state index is -0.632. The zero-order valence-electron chi connectivity index (χ0n) is 34.6. The molecule has 0 bridgehead atoms. The van der Waals surface area contributed by atoms with Gasteiger partial charge in [0.05, 0.1) is 5.41 Å². The lowest BCUT2D eigenvalue weighted by Crippen LogP contribution is -2.29. The van der Waals surface area contributed by atoms with Gasteiger partial charge in [0.2, 0.25) is 0 Å². The van der Waals surface area contributed by atoms with Crippen LogP contribution in [-0.2, 0) is 5.41 Å². The van der Waals surface area contributed by atoms with Crippen LogP contribution in [0.5, 0.6) is 11.5 Å². The molecule has 1 aromatic heterocycles. The van der Waals surface area contributed by atoms with Crippen molar-refractivity contribution in [3.63, 3.8) is 0 Å². The lowest BCUT2D eigenvalue weighted by atomic mass is 9.65. The molecule has 11 aromatic rings. The van der Waals surface area contributed by atoms with Crippen LogP contribution in [-0.4, -0.2) is 0 Å². The first-order valence-electron chi connectivity index (χ1n) is 22.0. The van der Waals surface area contributed by atoms with E-state index in [0.29, 0.717) is 0 Å². The van der Waals surface area contributed by atoms with Crippen molar-refractivity contribution in [2.24, 2.45) is 0 Å². The van der Waals surface area contributed by atoms with Crippen molar-refractivity contribution in [2.45, 2.75) is 5.41 Å². The van der Waals surface area contributed by atoms with Gasteiger partial charge < -0.3 is 9.64 Å². The highest BCUT2D eigenvalue weighted by Crippen LogP contribution is 2.63. The predicted molar refractivity (Wildman–Crippen MR) is 267 cm³/mol. The third-order valence-electron chi connectivity index (χ3n) is 13.9. The second-order valence-electron chi connectivity index (χ2n) is 17.1. The first kappa shape index (κ1) is 35.6. The van der Waals surface area contributed by atoms with Crippen molar-refractivity contribution in [3.8, 4) is 67.1 Å². The fourth-order valence-corrected chi connectivity index (χ4v) is 12.4. The number of nitrogens with zero attached hydrogens (tertiary/aromatic N) is 1. The molecule has 0 radical (unpaired) electrons. The van der Waals surface area contributed by atoms with E-state index in [1.165, 1.54) is 75.8 Å². The Balaban J connectivity index is 1.09. The van der Waals surface area contributed by atoms with Crippen LogP contribution >= 0.6 is 11.3 Å². The SMILES string of the molecule is c1ccc(N(c2ccc3c(c2)-c2ccccc2Oc2ccccc2-3)c2ccc3c(c2)C2(c4ccccc4-c4ccccc4-3)c3ccccc3-c3cc4c(cc32)sc2ccccc24)cc1. The topological polar surface area (TPSA) is 12.5 Å². The molecule has 0 fully saturated rings. The summed E-state index contributed by atoms with van der Waals surface area (Å²) in [5, 5.41) is 2.63. The van der Waals surface area contributed by atoms with Gasteiger partial charge in [-0.3, -0.25) is 0 Å². The molecule has 0 amide bonds. The van der Waals surface area contributed by atoms with Crippen LogP contribution in [0.2, 0.25) is 0 Å². The predicted octanol–water partition coefficient (Wildman–Crippen LogP) is 17.0. The van der Waals surface area contributed by atoms with Crippen molar-refractivity contribution in [2.75, 3.05) is 4.90 Å². The second kappa shape index (κ2) is 13.5. The average molecular weight is 832 g/mol. The fourth-order valence-electron chi connectivity index (χ4n) is 11.3. The Morgan fingerprint density at radius 2 is 0.797 bits per heavy atom. The second-order valence-corrected chi connectivity index (χ2v) is 18.2. The van der Waals surface area contributed by atoms with Gasteiger partial charge in [0.25, 0.3) is 0 Å². The number of anilines is 3. The van der Waals surface area contributed by atoms with Gasteiger partial charge in [-0.1, -0.05) is 158 Å². The molecule has 0 saturated carbocycles. The Labute approximate surface area is 375 Å². The van der Waals surface area contributed by atoms with Gasteiger partial charge in [0.1, 0.15) is 11.5 Å². The maximum atomic E-state index is 6.63. The molecule has 1 aliphatic heterocycles. The van der Waals surface area contributed by atoms with Crippen LogP contribution in [0.3, 0.4) is 0 Å². The normalized spacial score (nSPS) is 14.8. The van der Waals surface area contributed by atoms with Crippen molar-refractivity contribution in [3.05, 3.63) is 247 Å². The van der Waals surface area contributed by atoms with E-state index in [9.17, 15) is 0 Å². The average Bonchev–Trinajstić information content (AvgIpc) is 3.78. The number of ether oxygens (including phenoxy) is 1. The number of thiophene rings is 1. The van der Waals surface area contributed by atoms with E-state index in [1.807, 2.05) is 17.4 Å². The van der Waals surface area contributed by atoms with Gasteiger partial charge in [-0.15, -0.1) is 11.3 Å². The Morgan fingerprint density at radius 1 is 0.297 bits per heavy atom. The largest absolute Gasteiger partial charge is 0.456 e. The number of rotatable bonds is 3. The summed E-state index contributed by atoms with van der Waals surface area (Å²) in [6.07, 6.45) is 0. The molecule has 14 rings (SSSR count). The molecule has 2 heterocycles. The number of benzene rings is 10. The Morgan fingerprint density at radius 3 is 1.52 bits per heavy atom. The van der Waals surface area contributed by atoms with Gasteiger partial charge >= 0.3 is 0 Å². The maximum Gasteiger partial charge on any atom is 0.135 e. The van der Waals surface area contributed by atoms with Gasteiger partial charge in [-0.05, 0) is 133 Å². The monoisotopic (exact) mass is 831 g/mol. The molecule has 2 nitrogen and oxygen atoms in total. The minimum Gasteiger partial charge on any atom is -0.456 e. The Kier molecular flexibility index (Phi) is 7.51. The first-order chi connectivity index (χ1) is 31.7. The Hall–Kier alpha value is -7.98. The van der Waals surface area contributed by atoms with Gasteiger partial charge in [-0.25, -0.2) is 0 Å². The summed E-state index contributed by atoms with van der Waals surface area (Å²) in [7, 11) is 0. The standard InChI is InChI=1S/C61H37NOS/c1-2-16-38(17-3-1)62(39-30-32-43-47-22-8-13-27-57(47)63-58-28-14-9-23-48(58)50(43)34-39)40-31-33-46-42-19-5-4-18-41(42)44-20-6-11-25-53(44)61(55(46)35-40)54-26-12-7-21-45(54)51-36-52-49-24-10-15-29-59(49)64-60(52)37-56(51)61/h1-37H. The molecule has 10 aromatic carbocycles. The third-order valence-corrected chi connectivity index (χ3v) is 15.0. The summed E-state index contributed by atoms with van der Waals surface area (Å²) in [6.45, 7) is 0. The molecule has 1 spiro atoms. The van der Waals surface area contributed by atoms with Crippen LogP contribution in [0.15, 0.2) is 224 Å². The zero-order chi connectivity index (χ0) is 41.9. The summed E-state index contributed by atoms with van der Waals surface area (Å²) < 4.78 is 9.26. The molecule has 1 atom stereocenters. The molecule has 298 valence electrons. The van der Waals surface area contributed by atoms with E-state index in [2.05, 4.69) is 223 Å². The first-order valence-corrected chi connectivity index (χ1v) is 22.8. The summed E-state index contributed by atoms with van der Waals surface area (Å²) in [4.78, 5) is 2.44. The molecular weight excluding hydrogens is 795 g/mol. The Bertz CT molecular complexity index is 3730. The van der Waals surface area contributed by atoms with Crippen molar-refractivity contribution < 1.29 is 4.74 Å². The zero-order valence-corrected chi connectivity index (χ0v) is 35.4. The number of hydrogen-bond acceptors (Lipinski definition) is 3. The number of para-hydroxylation sites is 3. The molecule has 1 unspecified atom stereocenters. The highest BCUT2D eigenvalue weighted by atomic mass is 32.1. The smallest absolute Gasteiger partial charge is 0.135 e. The maximum absolute atomic E-state index is 6.63. The van der Waals surface area contributed by atoms with Crippen LogP contribution in [0.1, 0.15) is 22.3 Å². The summed E-state index contributed by atoms with van der Waals surface area (Å²) in [5.74, 6) is 1.72. The van der Waals surface area contributed by atoms with Crippen LogP contribution < -0.4 is 9.64 Å². The van der Waals surface area contributed by atoms with E-state index in [-0.39, 0.29) is 0 Å². The van der Waals surface area contributed by atoms with Crippen LogP contribution in [0.25, 0.3) is 75.8 Å². The van der Waals surface area contributed by atoms with Crippen molar-refractivity contribution in [1.29, 1.82) is 0 Å². The number of hydrogen-bond donors (Lipinski definition) is 0. The molecular formula is C61H37NOS. The molecule has 3 heteroatoms. The van der Waals surface area contributed by atoms with E-state index < -0.39 is 5.41 Å². The highest BCUT2D eigenvalue weighted by Gasteiger charge is 2.50. The molecule has 0 saturated heterocycles. The third kappa shape index (κ3) is 4.90. The molecule has 0 N–H and O–H groups in total. The van der Waals surface area contributed by atoms with Crippen molar-refractivity contribution in [1.82, 2.24) is 0 Å². The molecule has 3 aliphatic rings. The van der Waals surface area contributed by atoms with E-state index >= 15 is 0 Å². The lowest BCUT2D eigenvalue weighted by Gasteiger charge is -2.36. The fraction of sp³-hybridized carbons (Fsp3) is 0.0164. The van der Waals surface area contributed by atoms with Crippen LogP contribution in [0, 0.1) is 0 Å². The van der Waals surface area contributed by atoms with E-state index in [4.69, 9.17) is 4.74 Å². The van der Waals surface area contributed by atoms with Gasteiger partial charge in [-0.2, -0.15) is 0 Å². The summed E-state index contributed by atoms with van der Waals surface area (Å²) in [5.41, 5.74) is 19.9. The quantitative estimate of drug-likeness (QED) is 0.176. The summed E-state index contributed by atoms with van der Waals surface area (Å²) in [6, 6.07) is 83.1. The van der Waals surface area contributed by atoms with Gasteiger partial charge in [0, 0.05) is 48.4 Å². The summed E-state index contributed by atoms with van der Waals surface area (Å²) >= 11 is 1.90. The minimum absolute atomic E-state index is 0.632. The van der Waals surface area contributed by atoms with Crippen LogP contribution in [0.4, 0.5) is 17.1 Å². The molecule has 64 heavy (non-hydrogen) atoms. The lowest BCUT2D eigenvalue weighted by molar-refractivity contribution is 0.488. The van der Waals surface area contributed by atoms with Gasteiger partial charge in [0.15, 0.2) is 0 Å². The van der Waals surface area contributed by atoms with E-state index in [1.54, 1.807) is 0 Å². The van der Waals surface area contributed by atoms with Crippen molar-refractivity contribution >= 4 is 48.6 Å². The number of fused-ring (bicyclic) bond motifs is 20.